The van der Waals surface area contributed by atoms with Gasteiger partial charge in [-0.05, 0) is 64.2 Å². The zero-order valence-corrected chi connectivity index (χ0v) is 26.7. The van der Waals surface area contributed by atoms with Crippen LogP contribution in [0.25, 0.3) is 0 Å². The average molecular weight is 563 g/mol. The summed E-state index contributed by atoms with van der Waals surface area (Å²) < 4.78 is 0. The monoisotopic (exact) mass is 562 g/mol. The molecule has 0 rings (SSSR count). The Hall–Kier alpha value is -1.58. The van der Waals surface area contributed by atoms with E-state index >= 15 is 0 Å². The Bertz CT molecular complexity index is 544. The molecule has 0 aliphatic heterocycles. The fourth-order valence-corrected chi connectivity index (χ4v) is 4.86. The van der Waals surface area contributed by atoms with Crippen LogP contribution in [0.2, 0.25) is 0 Å². The van der Waals surface area contributed by atoms with Gasteiger partial charge in [-0.15, -0.1) is 0 Å². The van der Waals surface area contributed by atoms with Crippen molar-refractivity contribution in [3.63, 3.8) is 0 Å². The summed E-state index contributed by atoms with van der Waals surface area (Å²) in [6.45, 7) is 4.52. The quantitative estimate of drug-likeness (QED) is 0.0378. The van der Waals surface area contributed by atoms with E-state index in [0.717, 1.165) is 51.4 Å². The van der Waals surface area contributed by atoms with Gasteiger partial charge < -0.3 is 0 Å². The largest absolute Gasteiger partial charge is 0.355 e. The van der Waals surface area contributed by atoms with Crippen LogP contribution >= 0.6 is 0 Å². The molecule has 40 heavy (non-hydrogen) atoms. The van der Waals surface area contributed by atoms with Gasteiger partial charge in [0.1, 0.15) is 0 Å². The van der Waals surface area contributed by atoms with Crippen molar-refractivity contribution in [3.05, 3.63) is 24.3 Å². The standard InChI is InChI=1S/C36H66O4/c1-3-5-7-9-11-13-15-17-19-21-23-25-27-29-31-33-35(37)39-40-36(38)34-32-30-28-26-24-22-20-18-16-14-12-10-8-6-4-2/h17-20H,3-16,21-34H2,1-2H3/b19-17-,20-18-. The molecule has 0 spiro atoms. The lowest BCUT2D eigenvalue weighted by atomic mass is 10.1. The van der Waals surface area contributed by atoms with Gasteiger partial charge >= 0.3 is 11.9 Å². The molecule has 0 fully saturated rings. The molecule has 0 aliphatic carbocycles. The molecule has 0 aromatic carbocycles. The van der Waals surface area contributed by atoms with E-state index in [-0.39, 0.29) is 0 Å². The molecule has 0 N–H and O–H groups in total. The summed E-state index contributed by atoms with van der Waals surface area (Å²) in [5.74, 6) is -0.869. The zero-order valence-electron chi connectivity index (χ0n) is 26.7. The van der Waals surface area contributed by atoms with Gasteiger partial charge in [-0.25, -0.2) is 19.4 Å². The Morgan fingerprint density at radius 1 is 0.375 bits per heavy atom. The van der Waals surface area contributed by atoms with Gasteiger partial charge in [0, 0.05) is 0 Å². The summed E-state index contributed by atoms with van der Waals surface area (Å²) in [5.41, 5.74) is 0. The molecule has 4 nitrogen and oxygen atoms in total. The Balaban J connectivity index is 3.36. The predicted molar refractivity (Wildman–Crippen MR) is 171 cm³/mol. The molecule has 0 aromatic rings. The van der Waals surface area contributed by atoms with Crippen molar-refractivity contribution < 1.29 is 19.4 Å². The van der Waals surface area contributed by atoms with Gasteiger partial charge in [0.25, 0.3) is 0 Å². The van der Waals surface area contributed by atoms with Crippen molar-refractivity contribution in [1.82, 2.24) is 0 Å². The molecule has 0 unspecified atom stereocenters. The number of rotatable bonds is 30. The highest BCUT2D eigenvalue weighted by Crippen LogP contribution is 2.12. The normalized spacial score (nSPS) is 11.6. The molecule has 0 aliphatic rings. The third-order valence-electron chi connectivity index (χ3n) is 7.51. The van der Waals surface area contributed by atoms with Gasteiger partial charge in [0.05, 0.1) is 12.8 Å². The van der Waals surface area contributed by atoms with Crippen LogP contribution in [0, 0.1) is 0 Å². The summed E-state index contributed by atoms with van der Waals surface area (Å²) in [4.78, 5) is 32.9. The minimum absolute atomic E-state index is 0.318. The van der Waals surface area contributed by atoms with E-state index in [0.29, 0.717) is 12.8 Å². The van der Waals surface area contributed by atoms with E-state index in [9.17, 15) is 9.59 Å². The summed E-state index contributed by atoms with van der Waals surface area (Å²) >= 11 is 0. The van der Waals surface area contributed by atoms with Crippen LogP contribution in [0.3, 0.4) is 0 Å². The lowest BCUT2D eigenvalue weighted by Gasteiger charge is -2.04. The molecule has 234 valence electrons. The maximum Gasteiger partial charge on any atom is 0.355 e. The second-order valence-corrected chi connectivity index (χ2v) is 11.6. The fraction of sp³-hybridized carbons (Fsp3) is 0.833. The SMILES string of the molecule is CCCCCCCC/C=C\CCCCCCCC(=O)OOC(=O)CCCCCCC/C=C\CCCCCCCC. The number of allylic oxidation sites excluding steroid dienone is 4. The van der Waals surface area contributed by atoms with Crippen LogP contribution in [-0.2, 0) is 19.4 Å². The third-order valence-corrected chi connectivity index (χ3v) is 7.51. The van der Waals surface area contributed by atoms with Gasteiger partial charge in [-0.1, -0.05) is 141 Å². The second-order valence-electron chi connectivity index (χ2n) is 11.6. The highest BCUT2D eigenvalue weighted by Gasteiger charge is 2.09. The van der Waals surface area contributed by atoms with Crippen LogP contribution in [-0.4, -0.2) is 11.9 Å². The first-order valence-corrected chi connectivity index (χ1v) is 17.4. The van der Waals surface area contributed by atoms with Crippen LogP contribution in [0.15, 0.2) is 24.3 Å². The number of hydrogen-bond donors (Lipinski definition) is 0. The zero-order chi connectivity index (χ0) is 29.2. The van der Waals surface area contributed by atoms with Gasteiger partial charge in [-0.2, -0.15) is 0 Å². The van der Waals surface area contributed by atoms with E-state index in [1.807, 2.05) is 0 Å². The molecule has 0 heterocycles. The minimum Gasteiger partial charge on any atom is -0.247 e. The number of carbonyl (C=O) groups excluding carboxylic acids is 2. The molecule has 0 saturated heterocycles. The van der Waals surface area contributed by atoms with Crippen LogP contribution in [0.4, 0.5) is 0 Å². The smallest absolute Gasteiger partial charge is 0.247 e. The molecule has 0 aromatic heterocycles. The van der Waals surface area contributed by atoms with Crippen molar-refractivity contribution in [2.24, 2.45) is 0 Å². The Kier molecular flexibility index (Phi) is 32.3. The van der Waals surface area contributed by atoms with E-state index in [1.165, 1.54) is 116 Å². The molecule has 0 bridgehead atoms. The molecule has 0 amide bonds. The highest BCUT2D eigenvalue weighted by molar-refractivity contribution is 5.72. The van der Waals surface area contributed by atoms with E-state index in [4.69, 9.17) is 9.78 Å². The van der Waals surface area contributed by atoms with Gasteiger partial charge in [-0.3, -0.25) is 0 Å². The highest BCUT2D eigenvalue weighted by atomic mass is 17.2. The second kappa shape index (κ2) is 33.6. The first-order chi connectivity index (χ1) is 19.7. The van der Waals surface area contributed by atoms with Gasteiger partial charge in [0.15, 0.2) is 0 Å². The minimum atomic E-state index is -0.435. The predicted octanol–water partition coefficient (Wildman–Crippen LogP) is 12.1. The number of hydrogen-bond acceptors (Lipinski definition) is 4. The van der Waals surface area contributed by atoms with Crippen LogP contribution < -0.4 is 0 Å². The van der Waals surface area contributed by atoms with E-state index in [1.54, 1.807) is 0 Å². The molecular weight excluding hydrogens is 496 g/mol. The van der Waals surface area contributed by atoms with Crippen molar-refractivity contribution in [1.29, 1.82) is 0 Å². The third kappa shape index (κ3) is 32.6. The first kappa shape index (κ1) is 38.4. The molecule has 4 heteroatoms. The topological polar surface area (TPSA) is 52.6 Å². The molecule has 0 radical (unpaired) electrons. The Labute approximate surface area is 249 Å². The lowest BCUT2D eigenvalue weighted by molar-refractivity contribution is -0.259. The van der Waals surface area contributed by atoms with Crippen molar-refractivity contribution in [2.45, 2.75) is 194 Å². The summed E-state index contributed by atoms with van der Waals surface area (Å²) in [5, 5.41) is 0. The lowest BCUT2D eigenvalue weighted by Crippen LogP contribution is -2.11. The van der Waals surface area contributed by atoms with Crippen LogP contribution in [0.5, 0.6) is 0 Å². The maximum atomic E-state index is 11.8. The Morgan fingerprint density at radius 3 is 0.925 bits per heavy atom. The molecule has 0 saturated carbocycles. The van der Waals surface area contributed by atoms with E-state index in [2.05, 4.69) is 38.2 Å². The summed E-state index contributed by atoms with van der Waals surface area (Å²) in [6, 6.07) is 0. The average Bonchev–Trinajstić information content (AvgIpc) is 2.96. The van der Waals surface area contributed by atoms with Crippen molar-refractivity contribution >= 4 is 11.9 Å². The van der Waals surface area contributed by atoms with Crippen LogP contribution in [0.1, 0.15) is 194 Å². The Morgan fingerprint density at radius 2 is 0.625 bits per heavy atom. The van der Waals surface area contributed by atoms with Crippen molar-refractivity contribution in [2.75, 3.05) is 0 Å². The molecule has 0 atom stereocenters. The summed E-state index contributed by atoms with van der Waals surface area (Å²) in [6.07, 6.45) is 41.7. The van der Waals surface area contributed by atoms with Crippen molar-refractivity contribution in [3.8, 4) is 0 Å². The molecular formula is C36H66O4. The van der Waals surface area contributed by atoms with Gasteiger partial charge in [0.2, 0.25) is 0 Å². The maximum absolute atomic E-state index is 11.8. The number of carbonyl (C=O) groups is 2. The summed E-state index contributed by atoms with van der Waals surface area (Å²) in [7, 11) is 0. The van der Waals surface area contributed by atoms with E-state index < -0.39 is 11.9 Å². The first-order valence-electron chi connectivity index (χ1n) is 17.4. The number of unbranched alkanes of at least 4 members (excludes halogenated alkanes) is 22. The fourth-order valence-electron chi connectivity index (χ4n) is 4.86.